The Morgan fingerprint density at radius 3 is 2.74 bits per heavy atom. The fraction of sp³-hybridized carbons (Fsp3) is 0.667. The second-order valence-electron chi connectivity index (χ2n) is 6.46. The molecule has 0 unspecified atom stereocenters. The molecule has 2 fully saturated rings. The highest BCUT2D eigenvalue weighted by Crippen LogP contribution is 2.47. The minimum atomic E-state index is -3.61. The van der Waals surface area contributed by atoms with Crippen LogP contribution in [-0.4, -0.2) is 38.9 Å². The molecule has 1 aromatic heterocycles. The standard InChI is InChI=1S/C15H24N4O2S2/c1-2-17-14(19-9-8-15(11-19)6-3-7-15)18-10-12-4-5-13(22-12)23(16,20)21/h4-5H,2-3,6-11H2,1H3,(H,17,18)(H2,16,20,21). The molecule has 8 heteroatoms. The summed E-state index contributed by atoms with van der Waals surface area (Å²) in [4.78, 5) is 7.94. The Labute approximate surface area is 141 Å². The Morgan fingerprint density at radius 2 is 2.22 bits per heavy atom. The number of hydrogen-bond acceptors (Lipinski definition) is 4. The quantitative estimate of drug-likeness (QED) is 0.635. The molecule has 3 rings (SSSR count). The van der Waals surface area contributed by atoms with E-state index in [0.717, 1.165) is 30.5 Å². The number of sulfonamides is 1. The molecule has 0 aromatic carbocycles. The summed E-state index contributed by atoms with van der Waals surface area (Å²) in [5.74, 6) is 0.932. The van der Waals surface area contributed by atoms with Crippen LogP contribution in [0.15, 0.2) is 21.3 Å². The summed E-state index contributed by atoms with van der Waals surface area (Å²) in [5, 5.41) is 8.51. The zero-order valence-electron chi connectivity index (χ0n) is 13.4. The van der Waals surface area contributed by atoms with Crippen LogP contribution in [0.2, 0.25) is 0 Å². The predicted molar refractivity (Wildman–Crippen MR) is 93.0 cm³/mol. The van der Waals surface area contributed by atoms with E-state index in [1.807, 2.05) is 0 Å². The summed E-state index contributed by atoms with van der Waals surface area (Å²) in [7, 11) is -3.61. The van der Waals surface area contributed by atoms with Gasteiger partial charge in [-0.15, -0.1) is 11.3 Å². The van der Waals surface area contributed by atoms with E-state index in [1.54, 1.807) is 12.1 Å². The normalized spacial score (nSPS) is 20.8. The number of nitrogens with two attached hydrogens (primary N) is 1. The van der Waals surface area contributed by atoms with E-state index in [4.69, 9.17) is 10.1 Å². The number of guanidine groups is 1. The highest BCUT2D eigenvalue weighted by atomic mass is 32.2. The maximum atomic E-state index is 11.3. The number of aliphatic imine (C=N–C) groups is 1. The Morgan fingerprint density at radius 1 is 1.43 bits per heavy atom. The lowest BCUT2D eigenvalue weighted by atomic mass is 9.68. The number of primary sulfonamides is 1. The molecule has 6 nitrogen and oxygen atoms in total. The molecule has 1 aliphatic carbocycles. The van der Waals surface area contributed by atoms with Crippen LogP contribution in [0.4, 0.5) is 0 Å². The van der Waals surface area contributed by atoms with Gasteiger partial charge in [-0.1, -0.05) is 6.42 Å². The van der Waals surface area contributed by atoms with Gasteiger partial charge in [-0.25, -0.2) is 18.5 Å². The Bertz CT molecular complexity index is 692. The Hall–Kier alpha value is -1.12. The summed E-state index contributed by atoms with van der Waals surface area (Å²) in [6.07, 6.45) is 5.29. The van der Waals surface area contributed by atoms with Crippen LogP contribution in [0.25, 0.3) is 0 Å². The minimum Gasteiger partial charge on any atom is -0.357 e. The molecule has 0 radical (unpaired) electrons. The zero-order valence-corrected chi connectivity index (χ0v) is 15.0. The average molecular weight is 357 g/mol. The Balaban J connectivity index is 1.68. The first-order valence-corrected chi connectivity index (χ1v) is 10.4. The average Bonchev–Trinajstić information content (AvgIpc) is 3.09. The third-order valence-electron chi connectivity index (χ3n) is 4.79. The predicted octanol–water partition coefficient (Wildman–Crippen LogP) is 1.74. The molecule has 1 spiro atoms. The van der Waals surface area contributed by atoms with Crippen molar-refractivity contribution in [3.63, 3.8) is 0 Å². The molecule has 2 aliphatic rings. The molecular formula is C15H24N4O2S2. The highest BCUT2D eigenvalue weighted by Gasteiger charge is 2.43. The lowest BCUT2D eigenvalue weighted by Crippen LogP contribution is -2.42. The van der Waals surface area contributed by atoms with Crippen LogP contribution >= 0.6 is 11.3 Å². The van der Waals surface area contributed by atoms with Crippen molar-refractivity contribution in [2.75, 3.05) is 19.6 Å². The van der Waals surface area contributed by atoms with Gasteiger partial charge in [-0.05, 0) is 43.7 Å². The molecule has 1 saturated carbocycles. The number of rotatable bonds is 4. The van der Waals surface area contributed by atoms with E-state index in [2.05, 4.69) is 17.1 Å². The number of nitrogens with zero attached hydrogens (tertiary/aromatic N) is 2. The van der Waals surface area contributed by atoms with Crippen LogP contribution < -0.4 is 10.5 Å². The third kappa shape index (κ3) is 3.70. The van der Waals surface area contributed by atoms with Crippen molar-refractivity contribution < 1.29 is 8.42 Å². The summed E-state index contributed by atoms with van der Waals surface area (Å²) in [6, 6.07) is 3.34. The molecule has 1 aliphatic heterocycles. The van der Waals surface area contributed by atoms with E-state index >= 15 is 0 Å². The van der Waals surface area contributed by atoms with E-state index in [-0.39, 0.29) is 4.21 Å². The van der Waals surface area contributed by atoms with Crippen molar-refractivity contribution in [2.24, 2.45) is 15.5 Å². The second-order valence-corrected chi connectivity index (χ2v) is 9.42. The van der Waals surface area contributed by atoms with E-state index in [0.29, 0.717) is 12.0 Å². The summed E-state index contributed by atoms with van der Waals surface area (Å²) < 4.78 is 22.9. The number of nitrogens with one attached hydrogen (secondary N) is 1. The van der Waals surface area contributed by atoms with Gasteiger partial charge in [-0.2, -0.15) is 0 Å². The Kier molecular flexibility index (Phi) is 4.66. The molecule has 23 heavy (non-hydrogen) atoms. The molecule has 0 bridgehead atoms. The van der Waals surface area contributed by atoms with Crippen LogP contribution in [0.1, 0.15) is 37.5 Å². The number of thiophene rings is 1. The van der Waals surface area contributed by atoms with Gasteiger partial charge in [0, 0.05) is 24.5 Å². The molecule has 1 aromatic rings. The maximum Gasteiger partial charge on any atom is 0.247 e. The van der Waals surface area contributed by atoms with Gasteiger partial charge in [0.25, 0.3) is 0 Å². The van der Waals surface area contributed by atoms with Crippen molar-refractivity contribution in [1.29, 1.82) is 0 Å². The van der Waals surface area contributed by atoms with Crippen molar-refractivity contribution in [1.82, 2.24) is 10.2 Å². The topological polar surface area (TPSA) is 87.8 Å². The number of likely N-dealkylation sites (tertiary alicyclic amines) is 1. The van der Waals surface area contributed by atoms with Gasteiger partial charge in [0.2, 0.25) is 10.0 Å². The van der Waals surface area contributed by atoms with Crippen LogP contribution in [0.3, 0.4) is 0 Å². The van der Waals surface area contributed by atoms with E-state index < -0.39 is 10.0 Å². The van der Waals surface area contributed by atoms with Gasteiger partial charge in [0.1, 0.15) is 4.21 Å². The van der Waals surface area contributed by atoms with Gasteiger partial charge >= 0.3 is 0 Å². The minimum absolute atomic E-state index is 0.197. The van der Waals surface area contributed by atoms with Crippen molar-refractivity contribution >= 4 is 27.3 Å². The van der Waals surface area contributed by atoms with Crippen molar-refractivity contribution in [3.05, 3.63) is 17.0 Å². The maximum absolute atomic E-state index is 11.3. The lowest BCUT2D eigenvalue weighted by Gasteiger charge is -2.38. The van der Waals surface area contributed by atoms with Gasteiger partial charge in [0.05, 0.1) is 6.54 Å². The largest absolute Gasteiger partial charge is 0.357 e. The first-order chi connectivity index (χ1) is 10.9. The fourth-order valence-electron chi connectivity index (χ4n) is 3.38. The van der Waals surface area contributed by atoms with Crippen LogP contribution in [0.5, 0.6) is 0 Å². The second kappa shape index (κ2) is 6.41. The summed E-state index contributed by atoms with van der Waals surface area (Å²) >= 11 is 1.19. The molecule has 128 valence electrons. The molecule has 0 atom stereocenters. The van der Waals surface area contributed by atoms with Gasteiger partial charge < -0.3 is 10.2 Å². The van der Waals surface area contributed by atoms with E-state index in [9.17, 15) is 8.42 Å². The highest BCUT2D eigenvalue weighted by molar-refractivity contribution is 7.91. The fourth-order valence-corrected chi connectivity index (χ4v) is 5.08. The molecule has 0 amide bonds. The first-order valence-electron chi connectivity index (χ1n) is 8.07. The van der Waals surface area contributed by atoms with Gasteiger partial charge in [0.15, 0.2) is 5.96 Å². The van der Waals surface area contributed by atoms with E-state index in [1.165, 1.54) is 37.0 Å². The third-order valence-corrected chi connectivity index (χ3v) is 7.30. The molecule has 2 heterocycles. The molecular weight excluding hydrogens is 332 g/mol. The SMILES string of the molecule is CCNC(=NCc1ccc(S(N)(=O)=O)s1)N1CCC2(CCC2)C1. The first kappa shape index (κ1) is 16.7. The monoisotopic (exact) mass is 356 g/mol. The zero-order chi connectivity index (χ0) is 16.5. The number of hydrogen-bond donors (Lipinski definition) is 2. The van der Waals surface area contributed by atoms with Gasteiger partial charge in [-0.3, -0.25) is 0 Å². The smallest absolute Gasteiger partial charge is 0.247 e. The summed E-state index contributed by atoms with van der Waals surface area (Å²) in [5.41, 5.74) is 0.528. The van der Waals surface area contributed by atoms with Crippen LogP contribution in [-0.2, 0) is 16.6 Å². The molecule has 3 N–H and O–H groups in total. The summed E-state index contributed by atoms with van der Waals surface area (Å²) in [6.45, 7) is 5.51. The molecule has 1 saturated heterocycles. The van der Waals surface area contributed by atoms with Crippen molar-refractivity contribution in [2.45, 2.75) is 43.4 Å². The van der Waals surface area contributed by atoms with Crippen molar-refractivity contribution in [3.8, 4) is 0 Å². The van der Waals surface area contributed by atoms with Crippen LogP contribution in [0, 0.1) is 5.41 Å². The lowest BCUT2D eigenvalue weighted by molar-refractivity contribution is 0.151.